The van der Waals surface area contributed by atoms with E-state index in [0.29, 0.717) is 19.6 Å². The molecule has 0 aromatic heterocycles. The van der Waals surface area contributed by atoms with Gasteiger partial charge in [0.15, 0.2) is 0 Å². The Labute approximate surface area is 145 Å². The van der Waals surface area contributed by atoms with Gasteiger partial charge in [0.05, 0.1) is 5.75 Å². The molecule has 1 atom stereocenters. The summed E-state index contributed by atoms with van der Waals surface area (Å²) in [5.74, 6) is 0.206. The van der Waals surface area contributed by atoms with Crippen molar-refractivity contribution in [2.45, 2.75) is 39.4 Å². The molecule has 5 nitrogen and oxygen atoms in total. The van der Waals surface area contributed by atoms with Gasteiger partial charge in [0, 0.05) is 25.6 Å². The summed E-state index contributed by atoms with van der Waals surface area (Å²) in [6, 6.07) is 7.63. The Morgan fingerprint density at radius 1 is 1.38 bits per heavy atom. The smallest absolute Gasteiger partial charge is 0.222 e. The van der Waals surface area contributed by atoms with Gasteiger partial charge in [-0.25, -0.2) is 12.7 Å². The van der Waals surface area contributed by atoms with Gasteiger partial charge in [0.2, 0.25) is 15.9 Å². The van der Waals surface area contributed by atoms with Crippen LogP contribution in [0.2, 0.25) is 0 Å². The molecule has 1 amide bonds. The number of aryl methyl sites for hydroxylation is 1. The number of piperidine rings is 1. The van der Waals surface area contributed by atoms with Crippen LogP contribution >= 0.6 is 0 Å². The van der Waals surface area contributed by atoms with E-state index in [9.17, 15) is 13.2 Å². The van der Waals surface area contributed by atoms with Crippen molar-refractivity contribution in [2.75, 3.05) is 19.6 Å². The van der Waals surface area contributed by atoms with Crippen molar-refractivity contribution < 1.29 is 13.2 Å². The number of nitrogens with zero attached hydrogens (tertiary/aromatic N) is 1. The molecular formula is C18H28N2O3S. The minimum absolute atomic E-state index is 0.0229. The molecule has 1 aliphatic heterocycles. The third-order valence-electron chi connectivity index (χ3n) is 4.40. The normalized spacial score (nSPS) is 19.4. The summed E-state index contributed by atoms with van der Waals surface area (Å²) < 4.78 is 27.0. The molecule has 2 rings (SSSR count). The zero-order chi connectivity index (χ0) is 17.7. The van der Waals surface area contributed by atoms with Crippen molar-refractivity contribution in [2.24, 2.45) is 11.8 Å². The summed E-state index contributed by atoms with van der Waals surface area (Å²) >= 11 is 0. The average Bonchev–Trinajstić information content (AvgIpc) is 2.52. The molecule has 1 heterocycles. The first kappa shape index (κ1) is 18.9. The number of amides is 1. The number of sulfonamides is 1. The summed E-state index contributed by atoms with van der Waals surface area (Å²) in [6.07, 6.45) is 1.80. The molecule has 0 aliphatic carbocycles. The molecule has 1 N–H and O–H groups in total. The molecule has 24 heavy (non-hydrogen) atoms. The van der Waals surface area contributed by atoms with Crippen molar-refractivity contribution in [3.63, 3.8) is 0 Å². The molecule has 0 radical (unpaired) electrons. The predicted octanol–water partition coefficient (Wildman–Crippen LogP) is 2.31. The van der Waals surface area contributed by atoms with Crippen molar-refractivity contribution in [1.82, 2.24) is 9.62 Å². The third kappa shape index (κ3) is 5.31. The molecular weight excluding hydrogens is 324 g/mol. The van der Waals surface area contributed by atoms with E-state index in [2.05, 4.69) is 5.32 Å². The van der Waals surface area contributed by atoms with Crippen LogP contribution in [0.1, 0.15) is 37.8 Å². The lowest BCUT2D eigenvalue weighted by atomic mass is 9.99. The molecule has 134 valence electrons. The lowest BCUT2D eigenvalue weighted by Crippen LogP contribution is -2.44. The lowest BCUT2D eigenvalue weighted by Gasteiger charge is -2.32. The summed E-state index contributed by atoms with van der Waals surface area (Å²) in [7, 11) is -3.32. The highest BCUT2D eigenvalue weighted by molar-refractivity contribution is 7.88. The Morgan fingerprint density at radius 2 is 2.12 bits per heavy atom. The molecule has 1 aromatic carbocycles. The van der Waals surface area contributed by atoms with Crippen LogP contribution in [0, 0.1) is 18.8 Å². The maximum Gasteiger partial charge on any atom is 0.222 e. The third-order valence-corrected chi connectivity index (χ3v) is 6.21. The lowest BCUT2D eigenvalue weighted by molar-refractivity contribution is -0.124. The zero-order valence-electron chi connectivity index (χ0n) is 14.8. The first-order chi connectivity index (χ1) is 11.3. The minimum Gasteiger partial charge on any atom is -0.356 e. The average molecular weight is 353 g/mol. The molecule has 1 aromatic rings. The monoisotopic (exact) mass is 352 g/mol. The summed E-state index contributed by atoms with van der Waals surface area (Å²) in [5, 5.41) is 2.92. The van der Waals surface area contributed by atoms with Crippen molar-refractivity contribution >= 4 is 15.9 Å². The van der Waals surface area contributed by atoms with E-state index in [-0.39, 0.29) is 23.5 Å². The zero-order valence-corrected chi connectivity index (χ0v) is 15.6. The number of benzene rings is 1. The Morgan fingerprint density at radius 3 is 2.79 bits per heavy atom. The number of carbonyl (C=O) groups excluding carboxylic acids is 1. The van der Waals surface area contributed by atoms with Crippen molar-refractivity contribution in [3.05, 3.63) is 35.4 Å². The quantitative estimate of drug-likeness (QED) is 0.854. The van der Waals surface area contributed by atoms with Gasteiger partial charge in [-0.05, 0) is 31.2 Å². The van der Waals surface area contributed by atoms with E-state index in [0.717, 1.165) is 24.0 Å². The first-order valence-corrected chi connectivity index (χ1v) is 10.2. The van der Waals surface area contributed by atoms with Crippen LogP contribution in [0.3, 0.4) is 0 Å². The van der Waals surface area contributed by atoms with Gasteiger partial charge in [-0.2, -0.15) is 0 Å². The molecule has 1 unspecified atom stereocenters. The SMILES string of the molecule is Cc1cccc(CS(=O)(=O)N2CCCC(CNC(=O)C(C)C)C2)c1. The standard InChI is InChI=1S/C18H28N2O3S/c1-14(2)18(21)19-11-17-8-5-9-20(12-17)24(22,23)13-16-7-4-6-15(3)10-16/h4,6-7,10,14,17H,5,8-9,11-13H2,1-3H3,(H,19,21). The molecule has 1 saturated heterocycles. The van der Waals surface area contributed by atoms with Crippen LogP contribution in [0.5, 0.6) is 0 Å². The van der Waals surface area contributed by atoms with E-state index in [1.54, 1.807) is 4.31 Å². The van der Waals surface area contributed by atoms with Crippen LogP contribution in [-0.2, 0) is 20.6 Å². The highest BCUT2D eigenvalue weighted by Crippen LogP contribution is 2.21. The molecule has 1 aliphatic rings. The Balaban J connectivity index is 1.96. The summed E-state index contributed by atoms with van der Waals surface area (Å²) in [6.45, 7) is 7.29. The van der Waals surface area contributed by atoms with Crippen molar-refractivity contribution in [3.8, 4) is 0 Å². The largest absolute Gasteiger partial charge is 0.356 e. The van der Waals surface area contributed by atoms with Crippen LogP contribution in [0.25, 0.3) is 0 Å². The van der Waals surface area contributed by atoms with Gasteiger partial charge in [-0.3, -0.25) is 4.79 Å². The highest BCUT2D eigenvalue weighted by Gasteiger charge is 2.29. The van der Waals surface area contributed by atoms with Gasteiger partial charge in [-0.15, -0.1) is 0 Å². The second-order valence-electron chi connectivity index (χ2n) is 7.01. The maximum absolute atomic E-state index is 12.7. The molecule has 6 heteroatoms. The molecule has 0 bridgehead atoms. The van der Waals surface area contributed by atoms with Gasteiger partial charge >= 0.3 is 0 Å². The fourth-order valence-electron chi connectivity index (χ4n) is 3.00. The van der Waals surface area contributed by atoms with Crippen LogP contribution in [-0.4, -0.2) is 38.3 Å². The number of hydrogen-bond donors (Lipinski definition) is 1. The van der Waals surface area contributed by atoms with E-state index in [1.807, 2.05) is 45.0 Å². The van der Waals surface area contributed by atoms with E-state index < -0.39 is 10.0 Å². The maximum atomic E-state index is 12.7. The minimum atomic E-state index is -3.32. The first-order valence-electron chi connectivity index (χ1n) is 8.59. The second kappa shape index (κ2) is 8.12. The fourth-order valence-corrected chi connectivity index (χ4v) is 4.63. The van der Waals surface area contributed by atoms with Gasteiger partial charge < -0.3 is 5.32 Å². The molecule has 0 saturated carbocycles. The van der Waals surface area contributed by atoms with E-state index in [1.165, 1.54) is 0 Å². The van der Waals surface area contributed by atoms with Gasteiger partial charge in [0.1, 0.15) is 0 Å². The predicted molar refractivity (Wildman–Crippen MR) is 95.9 cm³/mol. The highest BCUT2D eigenvalue weighted by atomic mass is 32.2. The molecule has 1 fully saturated rings. The Hall–Kier alpha value is -1.40. The number of carbonyl (C=O) groups is 1. The topological polar surface area (TPSA) is 66.5 Å². The second-order valence-corrected chi connectivity index (χ2v) is 8.98. The molecule has 0 spiro atoms. The number of hydrogen-bond acceptors (Lipinski definition) is 3. The number of rotatable bonds is 6. The summed E-state index contributed by atoms with van der Waals surface area (Å²) in [4.78, 5) is 11.7. The van der Waals surface area contributed by atoms with Gasteiger partial charge in [0.25, 0.3) is 0 Å². The van der Waals surface area contributed by atoms with Crippen LogP contribution in [0.4, 0.5) is 0 Å². The van der Waals surface area contributed by atoms with E-state index in [4.69, 9.17) is 0 Å². The van der Waals surface area contributed by atoms with E-state index >= 15 is 0 Å². The number of nitrogens with one attached hydrogen (secondary N) is 1. The Bertz CT molecular complexity index is 671. The fraction of sp³-hybridized carbons (Fsp3) is 0.611. The van der Waals surface area contributed by atoms with Crippen LogP contribution < -0.4 is 5.32 Å². The van der Waals surface area contributed by atoms with Crippen LogP contribution in [0.15, 0.2) is 24.3 Å². The van der Waals surface area contributed by atoms with Crippen molar-refractivity contribution in [1.29, 1.82) is 0 Å². The Kier molecular flexibility index (Phi) is 6.40. The van der Waals surface area contributed by atoms with Gasteiger partial charge in [-0.1, -0.05) is 43.7 Å². The summed E-state index contributed by atoms with van der Waals surface area (Å²) in [5.41, 5.74) is 1.89.